The third-order valence-corrected chi connectivity index (χ3v) is 9.32. The number of pyridine rings is 1. The van der Waals surface area contributed by atoms with Crippen molar-refractivity contribution in [3.63, 3.8) is 0 Å². The SMILES string of the molecule is CCCCCCCC(=O)CC(=O)n1cc(-c2c(CCCCCCC)cc(=O)n3c2SC[C@H]3C(=O)OC)c2ccccc21. The maximum absolute atomic E-state index is 13.5. The standard InChI is InChI=1S/C34H44N2O5S/c1-4-6-8-10-12-16-24-20-31(39)36-29(34(40)41-3)23-42-33(36)32(24)27-22-35(28-19-15-14-18-26(27)28)30(38)21-25(37)17-13-11-9-7-5-2/h14-15,18-20,22,29H,4-13,16-17,21,23H2,1-3H3/t29-/m0/s1. The number of esters is 1. The van der Waals surface area contributed by atoms with Crippen molar-refractivity contribution in [2.75, 3.05) is 12.9 Å². The lowest BCUT2D eigenvalue weighted by Gasteiger charge is -2.17. The van der Waals surface area contributed by atoms with Crippen LogP contribution in [0.1, 0.15) is 107 Å². The van der Waals surface area contributed by atoms with Gasteiger partial charge in [-0.1, -0.05) is 83.4 Å². The van der Waals surface area contributed by atoms with E-state index in [0.29, 0.717) is 12.2 Å². The van der Waals surface area contributed by atoms with Crippen molar-refractivity contribution >= 4 is 40.3 Å². The molecule has 0 amide bonds. The van der Waals surface area contributed by atoms with E-state index in [0.717, 1.165) is 90.4 Å². The molecule has 0 aliphatic carbocycles. The molecule has 2 aromatic heterocycles. The molecule has 7 nitrogen and oxygen atoms in total. The van der Waals surface area contributed by atoms with E-state index < -0.39 is 12.0 Å². The summed E-state index contributed by atoms with van der Waals surface area (Å²) in [5.74, 6) is -0.305. The molecule has 0 spiro atoms. The second kappa shape index (κ2) is 15.4. The number of methoxy groups -OCH3 is 1. The Morgan fingerprint density at radius 3 is 2.36 bits per heavy atom. The van der Waals surface area contributed by atoms with Gasteiger partial charge in [0.05, 0.1) is 24.1 Å². The number of hydrogen-bond donors (Lipinski definition) is 0. The molecule has 0 bridgehead atoms. The van der Waals surface area contributed by atoms with Gasteiger partial charge in [0.1, 0.15) is 11.8 Å². The molecule has 0 unspecified atom stereocenters. The van der Waals surface area contributed by atoms with Gasteiger partial charge in [-0.15, -0.1) is 11.8 Å². The minimum Gasteiger partial charge on any atom is -0.467 e. The number of fused-ring (bicyclic) bond motifs is 2. The number of aromatic nitrogens is 2. The van der Waals surface area contributed by atoms with Crippen LogP contribution < -0.4 is 5.56 Å². The Morgan fingerprint density at radius 2 is 1.64 bits per heavy atom. The van der Waals surface area contributed by atoms with Crippen molar-refractivity contribution in [1.82, 2.24) is 9.13 Å². The van der Waals surface area contributed by atoms with Crippen LogP contribution in [0.5, 0.6) is 0 Å². The molecule has 8 heteroatoms. The average molecular weight is 593 g/mol. The van der Waals surface area contributed by atoms with Crippen molar-refractivity contribution in [3.05, 3.63) is 52.4 Å². The zero-order valence-electron chi connectivity index (χ0n) is 25.3. The molecule has 0 radical (unpaired) electrons. The number of carbonyl (C=O) groups excluding carboxylic acids is 3. The maximum Gasteiger partial charge on any atom is 0.329 e. The number of ether oxygens (including phenoxy) is 1. The number of aryl methyl sites for hydroxylation is 1. The fraction of sp³-hybridized carbons (Fsp3) is 0.529. The van der Waals surface area contributed by atoms with Gasteiger partial charge in [-0.3, -0.25) is 23.5 Å². The van der Waals surface area contributed by atoms with Crippen LogP contribution in [0.25, 0.3) is 22.0 Å². The van der Waals surface area contributed by atoms with Crippen molar-refractivity contribution in [3.8, 4) is 11.1 Å². The van der Waals surface area contributed by atoms with Crippen LogP contribution in [0.3, 0.4) is 0 Å². The van der Waals surface area contributed by atoms with Gasteiger partial charge in [0.2, 0.25) is 5.91 Å². The Hall–Kier alpha value is -3.13. The highest BCUT2D eigenvalue weighted by Crippen LogP contribution is 2.44. The molecular weight excluding hydrogens is 548 g/mol. The van der Waals surface area contributed by atoms with Crippen molar-refractivity contribution < 1.29 is 19.1 Å². The van der Waals surface area contributed by atoms with Crippen LogP contribution in [0, 0.1) is 0 Å². The summed E-state index contributed by atoms with van der Waals surface area (Å²) < 4.78 is 8.18. The van der Waals surface area contributed by atoms with Crippen molar-refractivity contribution in [1.29, 1.82) is 0 Å². The zero-order valence-corrected chi connectivity index (χ0v) is 26.1. The summed E-state index contributed by atoms with van der Waals surface area (Å²) in [6.07, 6.45) is 13.6. The highest BCUT2D eigenvalue weighted by Gasteiger charge is 2.34. The van der Waals surface area contributed by atoms with Gasteiger partial charge < -0.3 is 4.74 Å². The normalized spacial score (nSPS) is 14.3. The smallest absolute Gasteiger partial charge is 0.329 e. The highest BCUT2D eigenvalue weighted by atomic mass is 32.2. The van der Waals surface area contributed by atoms with Crippen LogP contribution in [-0.2, 0) is 20.7 Å². The van der Waals surface area contributed by atoms with Crippen LogP contribution in [0.2, 0.25) is 0 Å². The van der Waals surface area contributed by atoms with Gasteiger partial charge >= 0.3 is 5.97 Å². The van der Waals surface area contributed by atoms with Crippen molar-refractivity contribution in [2.45, 2.75) is 108 Å². The van der Waals surface area contributed by atoms with E-state index in [1.54, 1.807) is 15.2 Å². The quantitative estimate of drug-likeness (QED) is 0.0960. The predicted molar refractivity (Wildman–Crippen MR) is 170 cm³/mol. The van der Waals surface area contributed by atoms with E-state index in [-0.39, 0.29) is 23.7 Å². The minimum absolute atomic E-state index is 0.0350. The summed E-state index contributed by atoms with van der Waals surface area (Å²) in [6.45, 7) is 4.35. The summed E-state index contributed by atoms with van der Waals surface area (Å²) in [7, 11) is 1.34. The molecule has 3 heterocycles. The molecule has 0 saturated carbocycles. The molecule has 0 N–H and O–H groups in total. The summed E-state index contributed by atoms with van der Waals surface area (Å²) in [4.78, 5) is 52.2. The monoisotopic (exact) mass is 592 g/mol. The second-order valence-corrected chi connectivity index (χ2v) is 12.3. The maximum atomic E-state index is 13.5. The largest absolute Gasteiger partial charge is 0.467 e. The van der Waals surface area contributed by atoms with Crippen molar-refractivity contribution in [2.24, 2.45) is 0 Å². The fourth-order valence-electron chi connectivity index (χ4n) is 5.88. The number of unbranched alkanes of at least 4 members (excludes halogenated alkanes) is 8. The molecule has 1 aliphatic heterocycles. The van der Waals surface area contributed by atoms with E-state index in [1.807, 2.05) is 30.5 Å². The van der Waals surface area contributed by atoms with Crippen LogP contribution >= 0.6 is 11.8 Å². The van der Waals surface area contributed by atoms with Crippen LogP contribution in [0.4, 0.5) is 0 Å². The van der Waals surface area contributed by atoms with E-state index >= 15 is 0 Å². The van der Waals surface area contributed by atoms with Gasteiger partial charge in [-0.05, 0) is 30.9 Å². The average Bonchev–Trinajstić information content (AvgIpc) is 3.60. The highest BCUT2D eigenvalue weighted by molar-refractivity contribution is 7.99. The lowest BCUT2D eigenvalue weighted by Crippen LogP contribution is -2.30. The summed E-state index contributed by atoms with van der Waals surface area (Å²) >= 11 is 1.48. The molecule has 1 aliphatic rings. The van der Waals surface area contributed by atoms with Gasteiger partial charge in [0.25, 0.3) is 5.56 Å². The number of benzene rings is 1. The Morgan fingerprint density at radius 1 is 0.952 bits per heavy atom. The summed E-state index contributed by atoms with van der Waals surface area (Å²) in [5.41, 5.74) is 3.20. The number of thioether (sulfide) groups is 1. The Labute approximate surface area is 253 Å². The second-order valence-electron chi connectivity index (χ2n) is 11.3. The number of Topliss-reactive ketones (excluding diaryl/α,β-unsaturated/α-hetero) is 1. The van der Waals surface area contributed by atoms with Crippen LogP contribution in [-0.4, -0.2) is 39.7 Å². The molecule has 42 heavy (non-hydrogen) atoms. The topological polar surface area (TPSA) is 87.4 Å². The first-order chi connectivity index (χ1) is 20.4. The lowest BCUT2D eigenvalue weighted by molar-refractivity contribution is -0.143. The van der Waals surface area contributed by atoms with E-state index in [2.05, 4.69) is 13.8 Å². The number of nitrogens with zero attached hydrogens (tertiary/aromatic N) is 2. The minimum atomic E-state index is -0.690. The Kier molecular flexibility index (Phi) is 11.6. The zero-order chi connectivity index (χ0) is 30.1. The Balaban J connectivity index is 1.72. The predicted octanol–water partition coefficient (Wildman–Crippen LogP) is 7.76. The first-order valence-corrected chi connectivity index (χ1v) is 16.5. The number of rotatable bonds is 16. The molecular formula is C34H44N2O5S. The summed E-state index contributed by atoms with van der Waals surface area (Å²) in [5, 5.41) is 1.62. The first kappa shape index (κ1) is 31.8. The van der Waals surface area contributed by atoms with Gasteiger partial charge in [0, 0.05) is 41.0 Å². The van der Waals surface area contributed by atoms with E-state index in [1.165, 1.54) is 31.7 Å². The van der Waals surface area contributed by atoms with Gasteiger partial charge in [0.15, 0.2) is 0 Å². The fourth-order valence-corrected chi connectivity index (χ4v) is 7.23. The number of para-hydroxylation sites is 1. The van der Waals surface area contributed by atoms with Crippen LogP contribution in [0.15, 0.2) is 46.3 Å². The molecule has 1 atom stereocenters. The summed E-state index contributed by atoms with van der Waals surface area (Å²) in [6, 6.07) is 8.68. The number of hydrogen-bond acceptors (Lipinski definition) is 6. The van der Waals surface area contributed by atoms with Gasteiger partial charge in [-0.25, -0.2) is 4.79 Å². The molecule has 0 fully saturated rings. The van der Waals surface area contributed by atoms with E-state index in [4.69, 9.17) is 4.74 Å². The van der Waals surface area contributed by atoms with E-state index in [9.17, 15) is 19.2 Å². The number of ketones is 1. The third-order valence-electron chi connectivity index (χ3n) is 8.16. The Bertz CT molecular complexity index is 1470. The molecule has 1 aromatic carbocycles. The molecule has 4 rings (SSSR count). The molecule has 0 saturated heterocycles. The first-order valence-electron chi connectivity index (χ1n) is 15.6. The molecule has 226 valence electrons. The molecule has 3 aromatic rings. The number of carbonyl (C=O) groups is 3. The van der Waals surface area contributed by atoms with Gasteiger partial charge in [-0.2, -0.15) is 0 Å². The lowest BCUT2D eigenvalue weighted by atomic mass is 9.96. The third kappa shape index (κ3) is 7.25.